The van der Waals surface area contributed by atoms with E-state index in [0.717, 1.165) is 52.0 Å². The van der Waals surface area contributed by atoms with Gasteiger partial charge in [0.1, 0.15) is 5.82 Å². The van der Waals surface area contributed by atoms with Crippen LogP contribution in [0.4, 0.5) is 0 Å². The monoisotopic (exact) mass is 318 g/mol. The fourth-order valence-corrected chi connectivity index (χ4v) is 4.17. The first-order chi connectivity index (χ1) is 11.2. The molecule has 0 saturated carbocycles. The molecule has 2 saturated heterocycles. The molecule has 2 aliphatic rings. The van der Waals surface area contributed by atoms with Crippen LogP contribution in [0.2, 0.25) is 0 Å². The molecule has 5 heteroatoms. The molecule has 23 heavy (non-hydrogen) atoms. The number of carbonyl (C=O) groups excluding carboxylic acids is 1. The van der Waals surface area contributed by atoms with E-state index in [1.165, 1.54) is 18.7 Å². The molecular weight excluding hydrogens is 288 g/mol. The molecule has 5 nitrogen and oxygen atoms in total. The highest BCUT2D eigenvalue weighted by Crippen LogP contribution is 2.28. The van der Waals surface area contributed by atoms with Crippen molar-refractivity contribution >= 4 is 5.91 Å². The topological polar surface area (TPSA) is 41.4 Å². The summed E-state index contributed by atoms with van der Waals surface area (Å²) in [6.07, 6.45) is 9.51. The molecule has 128 valence electrons. The van der Waals surface area contributed by atoms with Gasteiger partial charge in [0.15, 0.2) is 0 Å². The first-order valence-corrected chi connectivity index (χ1v) is 9.28. The Morgan fingerprint density at radius 1 is 1.13 bits per heavy atom. The van der Waals surface area contributed by atoms with Crippen molar-refractivity contribution in [2.45, 2.75) is 64.5 Å². The Balaban J connectivity index is 1.59. The van der Waals surface area contributed by atoms with Gasteiger partial charge < -0.3 is 9.47 Å². The molecule has 1 aromatic heterocycles. The first-order valence-electron chi connectivity index (χ1n) is 9.28. The predicted molar refractivity (Wildman–Crippen MR) is 91.3 cm³/mol. The number of aryl methyl sites for hydroxylation is 1. The Morgan fingerprint density at radius 2 is 1.91 bits per heavy atom. The Morgan fingerprint density at radius 3 is 2.61 bits per heavy atom. The minimum absolute atomic E-state index is 0.128. The van der Waals surface area contributed by atoms with E-state index in [0.29, 0.717) is 11.8 Å². The van der Waals surface area contributed by atoms with E-state index in [1.807, 2.05) is 6.20 Å². The molecule has 0 aliphatic carbocycles. The van der Waals surface area contributed by atoms with Gasteiger partial charge in [-0.25, -0.2) is 4.98 Å². The number of nitrogens with zero attached hydrogens (tertiary/aromatic N) is 4. The number of likely N-dealkylation sites (N-methyl/N-ethyl adjacent to an activating group) is 1. The highest BCUT2D eigenvalue weighted by Gasteiger charge is 2.33. The number of hydrogen-bond donors (Lipinski definition) is 0. The number of rotatable bonds is 4. The smallest absolute Gasteiger partial charge is 0.239 e. The Hall–Kier alpha value is -1.36. The molecule has 1 amide bonds. The van der Waals surface area contributed by atoms with E-state index in [1.54, 1.807) is 0 Å². The Kier molecular flexibility index (Phi) is 5.36. The zero-order valence-corrected chi connectivity index (χ0v) is 14.6. The minimum Gasteiger partial charge on any atom is -0.341 e. The van der Waals surface area contributed by atoms with Crippen LogP contribution in [-0.2, 0) is 11.3 Å². The summed E-state index contributed by atoms with van der Waals surface area (Å²) >= 11 is 0. The van der Waals surface area contributed by atoms with Crippen LogP contribution in [-0.4, -0.2) is 57.5 Å². The molecule has 3 rings (SSSR count). The molecule has 3 heterocycles. The minimum atomic E-state index is 0.128. The van der Waals surface area contributed by atoms with Crippen LogP contribution in [0.15, 0.2) is 12.4 Å². The van der Waals surface area contributed by atoms with E-state index in [9.17, 15) is 4.79 Å². The molecule has 0 radical (unpaired) electrons. The molecule has 1 atom stereocenters. The lowest BCUT2D eigenvalue weighted by Crippen LogP contribution is -2.52. The maximum absolute atomic E-state index is 12.9. The summed E-state index contributed by atoms with van der Waals surface area (Å²) in [6.45, 7) is 9.14. The molecule has 1 unspecified atom stereocenters. The maximum atomic E-state index is 12.9. The number of piperidine rings is 2. The van der Waals surface area contributed by atoms with E-state index in [-0.39, 0.29) is 6.04 Å². The van der Waals surface area contributed by atoms with Crippen molar-refractivity contribution in [2.75, 3.05) is 26.2 Å². The van der Waals surface area contributed by atoms with Crippen LogP contribution in [0.3, 0.4) is 0 Å². The summed E-state index contributed by atoms with van der Waals surface area (Å²) in [4.78, 5) is 21.9. The van der Waals surface area contributed by atoms with E-state index in [2.05, 4.69) is 39.4 Å². The van der Waals surface area contributed by atoms with Gasteiger partial charge in [-0.1, -0.05) is 13.3 Å². The van der Waals surface area contributed by atoms with Crippen molar-refractivity contribution in [3.63, 3.8) is 0 Å². The van der Waals surface area contributed by atoms with E-state index in [4.69, 9.17) is 0 Å². The van der Waals surface area contributed by atoms with Crippen LogP contribution in [0.1, 0.15) is 57.7 Å². The highest BCUT2D eigenvalue weighted by molar-refractivity contribution is 5.82. The Bertz CT molecular complexity index is 519. The largest absolute Gasteiger partial charge is 0.341 e. The first kappa shape index (κ1) is 16.5. The summed E-state index contributed by atoms with van der Waals surface area (Å²) in [5.41, 5.74) is 0. The van der Waals surface area contributed by atoms with Gasteiger partial charge in [0.05, 0.1) is 6.04 Å². The van der Waals surface area contributed by atoms with Crippen molar-refractivity contribution in [2.24, 2.45) is 0 Å². The van der Waals surface area contributed by atoms with Gasteiger partial charge in [0.2, 0.25) is 5.91 Å². The van der Waals surface area contributed by atoms with Gasteiger partial charge in [-0.15, -0.1) is 0 Å². The number of hydrogen-bond acceptors (Lipinski definition) is 3. The van der Waals surface area contributed by atoms with Crippen LogP contribution >= 0.6 is 0 Å². The number of imidazole rings is 1. The van der Waals surface area contributed by atoms with Crippen LogP contribution in [0, 0.1) is 0 Å². The SMILES string of the molecule is CCN1CCCCC1C(=O)N1CCC(c2nccn2CC)CC1. The summed E-state index contributed by atoms with van der Waals surface area (Å²) < 4.78 is 2.24. The third-order valence-corrected chi connectivity index (χ3v) is 5.57. The van der Waals surface area contributed by atoms with E-state index < -0.39 is 0 Å². The number of likely N-dealkylation sites (tertiary alicyclic amines) is 2. The predicted octanol–water partition coefficient (Wildman–Crippen LogP) is 2.48. The van der Waals surface area contributed by atoms with Crippen molar-refractivity contribution in [3.05, 3.63) is 18.2 Å². The fourth-order valence-electron chi connectivity index (χ4n) is 4.17. The molecule has 2 fully saturated rings. The second kappa shape index (κ2) is 7.47. The van der Waals surface area contributed by atoms with Gasteiger partial charge in [0, 0.05) is 37.9 Å². The zero-order valence-electron chi connectivity index (χ0n) is 14.6. The number of carbonyl (C=O) groups is 1. The molecular formula is C18H30N4O. The second-order valence-electron chi connectivity index (χ2n) is 6.81. The molecule has 2 aliphatic heterocycles. The fraction of sp³-hybridized carbons (Fsp3) is 0.778. The molecule has 0 spiro atoms. The second-order valence-corrected chi connectivity index (χ2v) is 6.81. The summed E-state index contributed by atoms with van der Waals surface area (Å²) in [6, 6.07) is 0.128. The average molecular weight is 318 g/mol. The van der Waals surface area contributed by atoms with Crippen molar-refractivity contribution < 1.29 is 4.79 Å². The highest BCUT2D eigenvalue weighted by atomic mass is 16.2. The van der Waals surface area contributed by atoms with E-state index >= 15 is 0 Å². The summed E-state index contributed by atoms with van der Waals surface area (Å²) in [5, 5.41) is 0. The van der Waals surface area contributed by atoms with Gasteiger partial charge in [-0.05, 0) is 45.7 Å². The van der Waals surface area contributed by atoms with Crippen LogP contribution in [0.5, 0.6) is 0 Å². The van der Waals surface area contributed by atoms with Gasteiger partial charge in [0.25, 0.3) is 0 Å². The van der Waals surface area contributed by atoms with Gasteiger partial charge in [-0.3, -0.25) is 9.69 Å². The van der Waals surface area contributed by atoms with Crippen molar-refractivity contribution in [1.29, 1.82) is 0 Å². The standard InChI is InChI=1S/C18H30N4O/c1-3-20-11-6-5-7-16(20)18(23)22-12-8-15(9-13-22)17-19-10-14-21(17)4-2/h10,14-16H,3-9,11-13H2,1-2H3. The molecule has 0 bridgehead atoms. The van der Waals surface area contributed by atoms with Gasteiger partial charge in [-0.2, -0.15) is 0 Å². The lowest BCUT2D eigenvalue weighted by molar-refractivity contribution is -0.139. The number of amides is 1. The lowest BCUT2D eigenvalue weighted by Gasteiger charge is -2.39. The molecule has 0 N–H and O–H groups in total. The van der Waals surface area contributed by atoms with Crippen LogP contribution in [0.25, 0.3) is 0 Å². The third-order valence-electron chi connectivity index (χ3n) is 5.57. The quantitative estimate of drug-likeness (QED) is 0.856. The molecule has 1 aromatic rings. The Labute approximate surface area is 139 Å². The summed E-state index contributed by atoms with van der Waals surface area (Å²) in [7, 11) is 0. The van der Waals surface area contributed by atoms with Crippen molar-refractivity contribution in [3.8, 4) is 0 Å². The third kappa shape index (κ3) is 3.44. The normalized spacial score (nSPS) is 24.1. The number of aromatic nitrogens is 2. The lowest BCUT2D eigenvalue weighted by atomic mass is 9.94. The zero-order chi connectivity index (χ0) is 16.2. The molecule has 0 aromatic carbocycles. The van der Waals surface area contributed by atoms with Gasteiger partial charge >= 0.3 is 0 Å². The van der Waals surface area contributed by atoms with Crippen LogP contribution < -0.4 is 0 Å². The maximum Gasteiger partial charge on any atom is 0.239 e. The van der Waals surface area contributed by atoms with Crippen molar-refractivity contribution in [1.82, 2.24) is 19.4 Å². The average Bonchev–Trinajstić information content (AvgIpc) is 3.10. The summed E-state index contributed by atoms with van der Waals surface area (Å²) in [5.74, 6) is 2.07.